The minimum Gasteiger partial charge on any atom is -0.206 e. The largest absolute Gasteiger partial charge is 0.206 e. The Balaban J connectivity index is 2.20. The molecule has 0 fully saturated rings. The Bertz CT molecular complexity index is 1270. The zero-order valence-corrected chi connectivity index (χ0v) is 20.4. The second-order valence-electron chi connectivity index (χ2n) is 8.35. The first-order valence-corrected chi connectivity index (χ1v) is 13.1. The molecule has 0 aromatic heterocycles. The van der Waals surface area contributed by atoms with Crippen LogP contribution in [0.3, 0.4) is 0 Å². The van der Waals surface area contributed by atoms with Crippen molar-refractivity contribution in [1.82, 2.24) is 0 Å². The van der Waals surface area contributed by atoms with Crippen LogP contribution in [0.25, 0.3) is 11.6 Å². The van der Waals surface area contributed by atoms with Crippen LogP contribution in [-0.2, 0) is 12.8 Å². The third-order valence-corrected chi connectivity index (χ3v) is 10.3. The Kier molecular flexibility index (Phi) is 6.32. The van der Waals surface area contributed by atoms with Crippen LogP contribution in [0.4, 0.5) is 13.2 Å². The summed E-state index contributed by atoms with van der Waals surface area (Å²) >= 11 is 0. The minimum absolute atomic E-state index is 0.136. The molecule has 0 saturated carbocycles. The second-order valence-corrected chi connectivity index (χ2v) is 11.2. The Hall–Kier alpha value is -2.72. The quantitative estimate of drug-likeness (QED) is 0.318. The van der Waals surface area contributed by atoms with Crippen LogP contribution in [-0.4, -0.2) is 0 Å². The summed E-state index contributed by atoms with van der Waals surface area (Å²) in [5, 5.41) is 2.01. The van der Waals surface area contributed by atoms with E-state index in [-0.39, 0.29) is 16.0 Å². The molecule has 0 bridgehead atoms. The van der Waals surface area contributed by atoms with E-state index in [1.54, 1.807) is 6.08 Å². The fourth-order valence-electron chi connectivity index (χ4n) is 4.63. The highest BCUT2D eigenvalue weighted by Crippen LogP contribution is 2.76. The lowest BCUT2D eigenvalue weighted by molar-refractivity contribution is 0.466. The van der Waals surface area contributed by atoms with Gasteiger partial charge in [0.05, 0.1) is 4.90 Å². The number of benzene rings is 3. The molecule has 3 aromatic carbocycles. The SMILES string of the molecule is C=Cc1cc(CC)ccc1S1(c2ccc(CC)cc2)C=C(CC)c2c(F)c(C)c(F)c(F)c21. The third-order valence-electron chi connectivity index (χ3n) is 6.59. The van der Waals surface area contributed by atoms with Crippen LogP contribution < -0.4 is 0 Å². The highest BCUT2D eigenvalue weighted by molar-refractivity contribution is 8.36. The van der Waals surface area contributed by atoms with Crippen LogP contribution in [0.5, 0.6) is 0 Å². The van der Waals surface area contributed by atoms with Crippen molar-refractivity contribution in [3.05, 3.63) is 99.7 Å². The summed E-state index contributed by atoms with van der Waals surface area (Å²) in [5.74, 6) is -2.72. The maximum atomic E-state index is 15.9. The molecule has 1 atom stereocenters. The molecule has 3 aromatic rings. The van der Waals surface area contributed by atoms with Gasteiger partial charge < -0.3 is 0 Å². The maximum Gasteiger partial charge on any atom is 0.172 e. The lowest BCUT2D eigenvalue weighted by Crippen LogP contribution is -2.09. The van der Waals surface area contributed by atoms with E-state index in [4.69, 9.17) is 0 Å². The van der Waals surface area contributed by atoms with Crippen molar-refractivity contribution in [2.45, 2.75) is 61.6 Å². The normalized spacial score (nSPS) is 19.1. The van der Waals surface area contributed by atoms with Gasteiger partial charge in [-0.1, -0.05) is 57.7 Å². The molecule has 0 nitrogen and oxygen atoms in total. The molecule has 0 aliphatic carbocycles. The molecule has 0 radical (unpaired) electrons. The Morgan fingerprint density at radius 1 is 0.818 bits per heavy atom. The van der Waals surface area contributed by atoms with Crippen LogP contribution in [0.15, 0.2) is 69.1 Å². The predicted octanol–water partition coefficient (Wildman–Crippen LogP) is 9.23. The van der Waals surface area contributed by atoms with E-state index in [1.807, 2.05) is 54.8 Å². The Morgan fingerprint density at radius 2 is 1.45 bits per heavy atom. The smallest absolute Gasteiger partial charge is 0.172 e. The van der Waals surface area contributed by atoms with Gasteiger partial charge in [0.15, 0.2) is 11.6 Å². The number of aryl methyl sites for hydroxylation is 2. The number of allylic oxidation sites excluding steroid dienone is 1. The van der Waals surface area contributed by atoms with Crippen molar-refractivity contribution in [1.29, 1.82) is 0 Å². The Labute approximate surface area is 196 Å². The van der Waals surface area contributed by atoms with Crippen molar-refractivity contribution in [3.8, 4) is 0 Å². The molecule has 0 spiro atoms. The zero-order valence-electron chi connectivity index (χ0n) is 19.6. The van der Waals surface area contributed by atoms with Crippen molar-refractivity contribution in [2.75, 3.05) is 0 Å². The standard InChI is InChI=1S/C29H29F3S/c1-6-19-10-13-23(14-11-19)33(24-15-12-20(7-2)16-21(24)8-3)17-22(9-4)25-26(30)18(5)27(31)28(32)29(25)33/h8,10-17H,3,6-7,9H2,1-2,4-5H3. The van der Waals surface area contributed by atoms with E-state index in [0.29, 0.717) is 12.0 Å². The van der Waals surface area contributed by atoms with Crippen molar-refractivity contribution in [2.24, 2.45) is 0 Å². The van der Waals surface area contributed by atoms with E-state index < -0.39 is 27.5 Å². The van der Waals surface area contributed by atoms with Gasteiger partial charge in [0, 0.05) is 20.9 Å². The number of hydrogen-bond acceptors (Lipinski definition) is 0. The monoisotopic (exact) mass is 466 g/mol. The molecule has 4 rings (SSSR count). The topological polar surface area (TPSA) is 0 Å². The van der Waals surface area contributed by atoms with E-state index in [9.17, 15) is 0 Å². The molecule has 172 valence electrons. The zero-order chi connectivity index (χ0) is 23.9. The lowest BCUT2D eigenvalue weighted by Gasteiger charge is -2.38. The van der Waals surface area contributed by atoms with Crippen LogP contribution in [0.2, 0.25) is 0 Å². The molecular formula is C29H29F3S. The van der Waals surface area contributed by atoms with Gasteiger partial charge in [-0.2, -0.15) is 0 Å². The predicted molar refractivity (Wildman–Crippen MR) is 133 cm³/mol. The highest BCUT2D eigenvalue weighted by Gasteiger charge is 2.43. The summed E-state index contributed by atoms with van der Waals surface area (Å²) in [6.07, 6.45) is 4.00. The average Bonchev–Trinajstić information content (AvgIpc) is 3.22. The number of fused-ring (bicyclic) bond motifs is 1. The summed E-state index contributed by atoms with van der Waals surface area (Å²) in [6, 6.07) is 14.1. The first-order chi connectivity index (χ1) is 15.8. The minimum atomic E-state index is -2.41. The summed E-state index contributed by atoms with van der Waals surface area (Å²) in [5.41, 5.74) is 3.81. The third kappa shape index (κ3) is 3.47. The Morgan fingerprint density at radius 3 is 2.03 bits per heavy atom. The van der Waals surface area contributed by atoms with Gasteiger partial charge in [0.25, 0.3) is 0 Å². The van der Waals surface area contributed by atoms with Crippen LogP contribution >= 0.6 is 10.0 Å². The summed E-state index contributed by atoms with van der Waals surface area (Å²) in [7, 11) is -2.41. The van der Waals surface area contributed by atoms with Gasteiger partial charge in [-0.3, -0.25) is 0 Å². The van der Waals surface area contributed by atoms with E-state index >= 15 is 13.2 Å². The molecule has 1 aliphatic rings. The highest BCUT2D eigenvalue weighted by atomic mass is 32.3. The molecule has 0 amide bonds. The van der Waals surface area contributed by atoms with Gasteiger partial charge in [-0.25, -0.2) is 13.2 Å². The molecule has 1 aliphatic heterocycles. The van der Waals surface area contributed by atoms with Gasteiger partial charge in [-0.05, 0) is 72.1 Å². The fraction of sp³-hybridized carbons (Fsp3) is 0.241. The van der Waals surface area contributed by atoms with Gasteiger partial charge in [0.1, 0.15) is 5.82 Å². The van der Waals surface area contributed by atoms with E-state index in [1.165, 1.54) is 6.92 Å². The number of hydrogen-bond donors (Lipinski definition) is 0. The van der Waals surface area contributed by atoms with E-state index in [0.717, 1.165) is 39.3 Å². The first kappa shape index (κ1) is 23.4. The molecule has 33 heavy (non-hydrogen) atoms. The molecule has 0 saturated heterocycles. The first-order valence-electron chi connectivity index (χ1n) is 11.4. The molecular weight excluding hydrogens is 437 g/mol. The average molecular weight is 467 g/mol. The van der Waals surface area contributed by atoms with Crippen molar-refractivity contribution >= 4 is 21.7 Å². The fourth-order valence-corrected chi connectivity index (χ4v) is 8.71. The molecule has 0 N–H and O–H groups in total. The van der Waals surface area contributed by atoms with Gasteiger partial charge in [-0.15, -0.1) is 10.0 Å². The van der Waals surface area contributed by atoms with Crippen LogP contribution in [0.1, 0.15) is 55.0 Å². The molecule has 1 heterocycles. The number of rotatable bonds is 6. The van der Waals surface area contributed by atoms with Gasteiger partial charge in [0.2, 0.25) is 0 Å². The summed E-state index contributed by atoms with van der Waals surface area (Å²) in [4.78, 5) is 1.85. The lowest BCUT2D eigenvalue weighted by atomic mass is 10.0. The van der Waals surface area contributed by atoms with Crippen LogP contribution in [0, 0.1) is 24.4 Å². The second kappa shape index (κ2) is 8.90. The maximum absolute atomic E-state index is 15.9. The van der Waals surface area contributed by atoms with E-state index in [2.05, 4.69) is 20.4 Å². The van der Waals surface area contributed by atoms with Crippen molar-refractivity contribution in [3.63, 3.8) is 0 Å². The van der Waals surface area contributed by atoms with Crippen molar-refractivity contribution < 1.29 is 13.2 Å². The summed E-state index contributed by atoms with van der Waals surface area (Å²) < 4.78 is 46.4. The summed E-state index contributed by atoms with van der Waals surface area (Å²) in [6.45, 7) is 11.4. The number of halogens is 3. The van der Waals surface area contributed by atoms with Gasteiger partial charge >= 0.3 is 0 Å². The molecule has 4 heteroatoms. The molecule has 1 unspecified atom stereocenters.